The first-order valence-corrected chi connectivity index (χ1v) is 6.52. The van der Waals surface area contributed by atoms with Gasteiger partial charge in [-0.1, -0.05) is 6.07 Å². The van der Waals surface area contributed by atoms with Gasteiger partial charge < -0.3 is 19.2 Å². The van der Waals surface area contributed by atoms with Crippen LogP contribution in [0.4, 0.5) is 0 Å². The highest BCUT2D eigenvalue weighted by Crippen LogP contribution is 2.16. The molecule has 0 aliphatic heterocycles. The summed E-state index contributed by atoms with van der Waals surface area (Å²) in [6, 6.07) is 5.48. The summed E-state index contributed by atoms with van der Waals surface area (Å²) in [7, 11) is 2.94. The normalized spacial score (nSPS) is 10.4. The monoisotopic (exact) mass is 290 g/mol. The SMILES string of the molecule is COC(=O)c1cc(CNCc2cccnc2OC)oc1C. The Labute approximate surface area is 123 Å². The fourth-order valence-corrected chi connectivity index (χ4v) is 2.01. The summed E-state index contributed by atoms with van der Waals surface area (Å²) in [5.74, 6) is 1.43. The third-order valence-corrected chi connectivity index (χ3v) is 3.03. The van der Waals surface area contributed by atoms with E-state index in [0.717, 1.165) is 5.56 Å². The van der Waals surface area contributed by atoms with Crippen molar-refractivity contribution in [2.24, 2.45) is 0 Å². The molecular weight excluding hydrogens is 272 g/mol. The van der Waals surface area contributed by atoms with E-state index in [4.69, 9.17) is 13.9 Å². The van der Waals surface area contributed by atoms with Gasteiger partial charge in [0.15, 0.2) is 0 Å². The van der Waals surface area contributed by atoms with Gasteiger partial charge in [0.1, 0.15) is 17.1 Å². The molecule has 0 atom stereocenters. The number of carbonyl (C=O) groups excluding carboxylic acids is 1. The van der Waals surface area contributed by atoms with Crippen LogP contribution < -0.4 is 10.1 Å². The molecule has 2 aromatic heterocycles. The van der Waals surface area contributed by atoms with Gasteiger partial charge in [-0.05, 0) is 19.1 Å². The number of furan rings is 1. The largest absolute Gasteiger partial charge is 0.481 e. The predicted molar refractivity (Wildman–Crippen MR) is 76.1 cm³/mol. The fourth-order valence-electron chi connectivity index (χ4n) is 2.01. The van der Waals surface area contributed by atoms with Crippen molar-refractivity contribution in [2.45, 2.75) is 20.0 Å². The number of hydrogen-bond acceptors (Lipinski definition) is 6. The molecule has 6 nitrogen and oxygen atoms in total. The lowest BCUT2D eigenvalue weighted by atomic mass is 10.2. The van der Waals surface area contributed by atoms with E-state index < -0.39 is 5.97 Å². The van der Waals surface area contributed by atoms with Gasteiger partial charge >= 0.3 is 5.97 Å². The molecule has 0 saturated carbocycles. The van der Waals surface area contributed by atoms with Gasteiger partial charge in [-0.3, -0.25) is 0 Å². The molecule has 0 unspecified atom stereocenters. The van der Waals surface area contributed by atoms with Crippen LogP contribution in [0.1, 0.15) is 27.4 Å². The Kier molecular flexibility index (Phi) is 4.94. The number of methoxy groups -OCH3 is 2. The van der Waals surface area contributed by atoms with Gasteiger partial charge in [-0.25, -0.2) is 9.78 Å². The van der Waals surface area contributed by atoms with Crippen molar-refractivity contribution in [1.29, 1.82) is 0 Å². The van der Waals surface area contributed by atoms with Crippen LogP contribution in [0.2, 0.25) is 0 Å². The summed E-state index contributed by atoms with van der Waals surface area (Å²) < 4.78 is 15.4. The van der Waals surface area contributed by atoms with E-state index in [1.807, 2.05) is 12.1 Å². The zero-order valence-electron chi connectivity index (χ0n) is 12.3. The van der Waals surface area contributed by atoms with Crippen LogP contribution in [-0.2, 0) is 17.8 Å². The molecule has 0 radical (unpaired) electrons. The maximum Gasteiger partial charge on any atom is 0.341 e. The lowest BCUT2D eigenvalue weighted by Crippen LogP contribution is -2.13. The highest BCUT2D eigenvalue weighted by molar-refractivity contribution is 5.90. The molecule has 0 bridgehead atoms. The Morgan fingerprint density at radius 3 is 2.90 bits per heavy atom. The maximum atomic E-state index is 11.5. The van der Waals surface area contributed by atoms with Gasteiger partial charge in [0.2, 0.25) is 5.88 Å². The van der Waals surface area contributed by atoms with E-state index in [2.05, 4.69) is 10.3 Å². The number of rotatable bonds is 6. The lowest BCUT2D eigenvalue weighted by Gasteiger charge is -2.07. The Morgan fingerprint density at radius 1 is 1.38 bits per heavy atom. The number of ether oxygens (including phenoxy) is 2. The van der Waals surface area contributed by atoms with Crippen LogP contribution in [0, 0.1) is 6.92 Å². The topological polar surface area (TPSA) is 73.6 Å². The van der Waals surface area contributed by atoms with Crippen molar-refractivity contribution in [1.82, 2.24) is 10.3 Å². The quantitative estimate of drug-likeness (QED) is 0.821. The first-order valence-electron chi connectivity index (χ1n) is 6.52. The summed E-state index contributed by atoms with van der Waals surface area (Å²) >= 11 is 0. The van der Waals surface area contributed by atoms with Gasteiger partial charge in [0, 0.05) is 18.3 Å². The smallest absolute Gasteiger partial charge is 0.341 e. The third kappa shape index (κ3) is 3.61. The van der Waals surface area contributed by atoms with Crippen LogP contribution >= 0.6 is 0 Å². The number of nitrogens with zero attached hydrogens (tertiary/aromatic N) is 1. The minimum Gasteiger partial charge on any atom is -0.481 e. The molecule has 0 aromatic carbocycles. The molecule has 2 rings (SSSR count). The first kappa shape index (κ1) is 15.1. The van der Waals surface area contributed by atoms with Crippen LogP contribution in [0.15, 0.2) is 28.8 Å². The minimum atomic E-state index is -0.392. The van der Waals surface area contributed by atoms with Crippen molar-refractivity contribution < 1.29 is 18.7 Å². The van der Waals surface area contributed by atoms with E-state index in [0.29, 0.717) is 36.1 Å². The number of esters is 1. The number of nitrogens with one attached hydrogen (secondary N) is 1. The lowest BCUT2D eigenvalue weighted by molar-refractivity contribution is 0.0599. The highest BCUT2D eigenvalue weighted by Gasteiger charge is 2.15. The van der Waals surface area contributed by atoms with Gasteiger partial charge in [-0.2, -0.15) is 0 Å². The molecule has 0 amide bonds. The van der Waals surface area contributed by atoms with Crippen LogP contribution in [0.3, 0.4) is 0 Å². The summed E-state index contributed by atoms with van der Waals surface area (Å²) in [5, 5.41) is 3.22. The van der Waals surface area contributed by atoms with Crippen LogP contribution in [0.5, 0.6) is 5.88 Å². The van der Waals surface area contributed by atoms with E-state index in [1.54, 1.807) is 26.3 Å². The second-order valence-corrected chi connectivity index (χ2v) is 4.45. The molecule has 112 valence electrons. The molecule has 6 heteroatoms. The molecule has 2 aromatic rings. The Morgan fingerprint density at radius 2 is 2.19 bits per heavy atom. The molecular formula is C15H18N2O4. The second kappa shape index (κ2) is 6.90. The van der Waals surface area contributed by atoms with Gasteiger partial charge in [0.25, 0.3) is 0 Å². The molecule has 2 heterocycles. The number of hydrogen-bond donors (Lipinski definition) is 1. The molecule has 1 N–H and O–H groups in total. The van der Waals surface area contributed by atoms with Crippen LogP contribution in [-0.4, -0.2) is 25.2 Å². The van der Waals surface area contributed by atoms with Gasteiger partial charge in [-0.15, -0.1) is 0 Å². The number of carbonyl (C=O) groups is 1. The summed E-state index contributed by atoms with van der Waals surface area (Å²) in [6.07, 6.45) is 1.68. The predicted octanol–water partition coefficient (Wildman–Crippen LogP) is 2.07. The Balaban J connectivity index is 1.96. The molecule has 0 spiro atoms. The molecule has 0 aliphatic rings. The Bertz CT molecular complexity index is 622. The molecule has 0 fully saturated rings. The van der Waals surface area contributed by atoms with E-state index in [1.165, 1.54) is 7.11 Å². The standard InChI is InChI=1S/C15H18N2O4/c1-10-13(15(18)20-3)7-12(21-10)9-16-8-11-5-4-6-17-14(11)19-2/h4-7,16H,8-9H2,1-3H3. The zero-order valence-corrected chi connectivity index (χ0v) is 12.3. The second-order valence-electron chi connectivity index (χ2n) is 4.45. The summed E-state index contributed by atoms with van der Waals surface area (Å²) in [5.41, 5.74) is 1.41. The zero-order chi connectivity index (χ0) is 15.2. The van der Waals surface area contributed by atoms with Gasteiger partial charge in [0.05, 0.1) is 20.8 Å². The van der Waals surface area contributed by atoms with E-state index in [9.17, 15) is 4.79 Å². The molecule has 0 saturated heterocycles. The minimum absolute atomic E-state index is 0.392. The number of aryl methyl sites for hydroxylation is 1. The average molecular weight is 290 g/mol. The van der Waals surface area contributed by atoms with Crippen molar-refractivity contribution >= 4 is 5.97 Å². The summed E-state index contributed by atoms with van der Waals surface area (Å²) in [6.45, 7) is 2.82. The maximum absolute atomic E-state index is 11.5. The highest BCUT2D eigenvalue weighted by atomic mass is 16.5. The number of aromatic nitrogens is 1. The molecule has 0 aliphatic carbocycles. The van der Waals surface area contributed by atoms with Crippen LogP contribution in [0.25, 0.3) is 0 Å². The summed E-state index contributed by atoms with van der Waals surface area (Å²) in [4.78, 5) is 15.6. The third-order valence-electron chi connectivity index (χ3n) is 3.03. The molecule has 21 heavy (non-hydrogen) atoms. The fraction of sp³-hybridized carbons (Fsp3) is 0.333. The van der Waals surface area contributed by atoms with Crippen molar-refractivity contribution in [3.8, 4) is 5.88 Å². The first-order chi connectivity index (χ1) is 10.2. The average Bonchev–Trinajstić information content (AvgIpc) is 2.88. The van der Waals surface area contributed by atoms with E-state index in [-0.39, 0.29) is 0 Å². The van der Waals surface area contributed by atoms with Crippen molar-refractivity contribution in [3.05, 3.63) is 47.0 Å². The number of pyridine rings is 1. The van der Waals surface area contributed by atoms with Crippen molar-refractivity contribution in [2.75, 3.05) is 14.2 Å². The van der Waals surface area contributed by atoms with E-state index >= 15 is 0 Å². The Hall–Kier alpha value is -2.34. The van der Waals surface area contributed by atoms with Crippen molar-refractivity contribution in [3.63, 3.8) is 0 Å².